The Balaban J connectivity index is 0.00000109. The standard InChI is InChI=1S/C49H67N8S.C5H12N2.Na/c1-13-18-23-49(10,11)31-41-40-29-37(21-22-45(40)57(17-5)48(41)39-20-19-24-51-42(39)15-3)44-33-58-46(54-44)30-38(14-2)53-35(8)47(34(6)7)55(12)27-28-56(26-25-50-16-4)36(9)43-32-52-43;1-7-5-3-2-4-6-7;/h1,14-16,19-22,24,29,33-34,38,43,47,50,52-53H,2,4,8-9,17-18,23,25-28,30-32H2,3,5-7,10-12H3;6H,2-5H2,1H3;/q-1;;+1. The number of likely N-dealkylation sites (N-methyl/N-ethyl adjacent to an activating group) is 1. The molecule has 0 saturated carbocycles. The number of nitrogens with one attached hydrogen (secondary N) is 4. The molecule has 0 aliphatic carbocycles. The van der Waals surface area contributed by atoms with E-state index in [1.165, 1.54) is 41.5 Å². The van der Waals surface area contributed by atoms with Crippen molar-refractivity contribution in [2.75, 3.05) is 59.9 Å². The van der Waals surface area contributed by atoms with Gasteiger partial charge >= 0.3 is 29.6 Å². The maximum atomic E-state index is 5.75. The molecule has 3 atom stereocenters. The van der Waals surface area contributed by atoms with Crippen molar-refractivity contribution in [1.29, 1.82) is 0 Å². The number of terminal acetylenes is 1. The topological polar surface area (TPSA) is 98.5 Å². The molecule has 3 aromatic heterocycles. The van der Waals surface area contributed by atoms with Gasteiger partial charge in [0.05, 0.1) is 28.8 Å². The van der Waals surface area contributed by atoms with Crippen molar-refractivity contribution >= 4 is 22.2 Å². The summed E-state index contributed by atoms with van der Waals surface area (Å²) in [5, 5.41) is 17.0. The monoisotopic (exact) mass is 923 g/mol. The van der Waals surface area contributed by atoms with E-state index in [0.29, 0.717) is 12.0 Å². The zero-order valence-electron chi connectivity index (χ0n) is 42.0. The Labute approximate surface area is 425 Å². The fourth-order valence-electron chi connectivity index (χ4n) is 9.10. The maximum Gasteiger partial charge on any atom is 1.00 e. The molecule has 352 valence electrons. The van der Waals surface area contributed by atoms with Crippen molar-refractivity contribution in [1.82, 2.24) is 50.7 Å². The molecule has 12 heteroatoms. The molecule has 2 saturated heterocycles. The molecule has 0 bridgehead atoms. The van der Waals surface area contributed by atoms with Crippen LogP contribution in [-0.2, 0) is 19.4 Å². The number of hydrogen-bond donors (Lipinski definition) is 4. The summed E-state index contributed by atoms with van der Waals surface area (Å²) in [6.07, 6.45) is 19.5. The van der Waals surface area contributed by atoms with Crippen LogP contribution < -0.4 is 50.9 Å². The van der Waals surface area contributed by atoms with Gasteiger partial charge in [-0.15, -0.1) is 48.8 Å². The molecule has 0 spiro atoms. The summed E-state index contributed by atoms with van der Waals surface area (Å²) in [7, 11) is 4.28. The molecule has 0 radical (unpaired) electrons. The van der Waals surface area contributed by atoms with Crippen molar-refractivity contribution in [2.24, 2.45) is 11.3 Å². The SMILES string of the molecule is C#CCCC(C)(C)Cc1c(-c2cccnc2[CH-]C)n(CC)c2ccc(-c3csc(CC(C=C)NC(=C)C(C(C)C)N(C)CCN(CCNC=C)C(=C)C4CN4)n3)cc12.CN1CCCCN1.[Na+]. The summed E-state index contributed by atoms with van der Waals surface area (Å²) in [6, 6.07) is 11.6. The summed E-state index contributed by atoms with van der Waals surface area (Å²) < 4.78 is 2.46. The number of aryl methyl sites for hydroxylation is 1. The van der Waals surface area contributed by atoms with Gasteiger partial charge in [-0.05, 0) is 80.6 Å². The van der Waals surface area contributed by atoms with E-state index in [1.807, 2.05) is 18.3 Å². The molecule has 5 heterocycles. The minimum Gasteiger partial charge on any atom is -0.390 e. The van der Waals surface area contributed by atoms with Crippen molar-refractivity contribution < 1.29 is 29.6 Å². The second-order valence-electron chi connectivity index (χ2n) is 18.7. The molecule has 2 aliphatic heterocycles. The van der Waals surface area contributed by atoms with E-state index in [9.17, 15) is 0 Å². The van der Waals surface area contributed by atoms with Gasteiger partial charge in [-0.1, -0.05) is 71.3 Å². The van der Waals surface area contributed by atoms with Crippen molar-refractivity contribution in [3.05, 3.63) is 115 Å². The quantitative estimate of drug-likeness (QED) is 0.0153. The van der Waals surface area contributed by atoms with Gasteiger partial charge < -0.3 is 25.4 Å². The number of hydrazine groups is 1. The average Bonchev–Trinajstić information content (AvgIpc) is 3.97. The van der Waals surface area contributed by atoms with E-state index in [0.717, 1.165) is 110 Å². The average molecular weight is 923 g/mol. The van der Waals surface area contributed by atoms with Crippen LogP contribution in [0.1, 0.15) is 83.5 Å². The first-order valence-corrected chi connectivity index (χ1v) is 24.7. The van der Waals surface area contributed by atoms with E-state index in [1.54, 1.807) is 17.5 Å². The molecule has 4 aromatic rings. The first kappa shape index (κ1) is 54.8. The molecule has 0 amide bonds. The van der Waals surface area contributed by atoms with Gasteiger partial charge in [0.1, 0.15) is 0 Å². The van der Waals surface area contributed by atoms with E-state index in [-0.39, 0.29) is 47.1 Å². The Morgan fingerprint density at radius 3 is 2.55 bits per heavy atom. The number of fused-ring (bicyclic) bond motifs is 1. The number of hydrogen-bond acceptors (Lipinski definition) is 10. The molecular weight excluding hydrogens is 844 g/mol. The van der Waals surface area contributed by atoms with Crippen molar-refractivity contribution in [2.45, 2.75) is 105 Å². The first-order chi connectivity index (χ1) is 31.2. The maximum absolute atomic E-state index is 5.75. The van der Waals surface area contributed by atoms with Crippen LogP contribution in [0.5, 0.6) is 0 Å². The fraction of sp³-hybridized carbons (Fsp3) is 0.500. The van der Waals surface area contributed by atoms with E-state index >= 15 is 0 Å². The van der Waals surface area contributed by atoms with Crippen LogP contribution in [0.4, 0.5) is 0 Å². The zero-order valence-corrected chi connectivity index (χ0v) is 44.8. The second kappa shape index (κ2) is 26.6. The van der Waals surface area contributed by atoms with Gasteiger partial charge in [0.2, 0.25) is 0 Å². The number of thiazole rings is 1. The third kappa shape index (κ3) is 15.1. The van der Waals surface area contributed by atoms with Gasteiger partial charge in [-0.3, -0.25) is 15.3 Å². The largest absolute Gasteiger partial charge is 1.00 e. The van der Waals surface area contributed by atoms with Crippen LogP contribution in [0.15, 0.2) is 91.9 Å². The van der Waals surface area contributed by atoms with E-state index in [4.69, 9.17) is 16.4 Å². The molecule has 2 aliphatic rings. The van der Waals surface area contributed by atoms with Crippen molar-refractivity contribution in [3.63, 3.8) is 0 Å². The number of rotatable bonds is 25. The third-order valence-corrected chi connectivity index (χ3v) is 13.6. The molecule has 6 rings (SSSR count). The number of pyridine rings is 1. The predicted molar refractivity (Wildman–Crippen MR) is 278 cm³/mol. The smallest absolute Gasteiger partial charge is 0.390 e. The van der Waals surface area contributed by atoms with Crippen molar-refractivity contribution in [3.8, 4) is 34.9 Å². The van der Waals surface area contributed by atoms with Crippen LogP contribution in [0.2, 0.25) is 0 Å². The van der Waals surface area contributed by atoms with Gasteiger partial charge in [-0.2, -0.15) is 0 Å². The Morgan fingerprint density at radius 2 is 1.94 bits per heavy atom. The summed E-state index contributed by atoms with van der Waals surface area (Å²) >= 11 is 1.70. The Hall–Kier alpha value is -3.83. The Bertz CT molecular complexity index is 2220. The molecule has 10 nitrogen and oxygen atoms in total. The second-order valence-corrected chi connectivity index (χ2v) is 19.7. The minimum absolute atomic E-state index is 0. The van der Waals surface area contributed by atoms with Gasteiger partial charge in [-0.25, -0.2) is 16.4 Å². The number of aromatic nitrogens is 3. The summed E-state index contributed by atoms with van der Waals surface area (Å²) in [5.41, 5.74) is 13.5. The Morgan fingerprint density at radius 1 is 1.17 bits per heavy atom. The van der Waals surface area contributed by atoms with Crippen LogP contribution in [0.3, 0.4) is 0 Å². The summed E-state index contributed by atoms with van der Waals surface area (Å²) in [5.74, 6) is 3.24. The summed E-state index contributed by atoms with van der Waals surface area (Å²) in [6.45, 7) is 38.2. The van der Waals surface area contributed by atoms with Gasteiger partial charge in [0.15, 0.2) is 0 Å². The van der Waals surface area contributed by atoms with Gasteiger partial charge in [0.25, 0.3) is 0 Å². The van der Waals surface area contributed by atoms with Gasteiger partial charge in [0, 0.05) is 112 Å². The minimum atomic E-state index is -0.00661. The molecular formula is C54H79N10NaS. The number of benzene rings is 1. The Kier molecular flexibility index (Phi) is 22.1. The molecule has 1 aromatic carbocycles. The fourth-order valence-corrected chi connectivity index (χ4v) is 9.96. The predicted octanol–water partition coefficient (Wildman–Crippen LogP) is 6.30. The number of nitrogens with zero attached hydrogens (tertiary/aromatic N) is 6. The van der Waals surface area contributed by atoms with E-state index in [2.05, 4.69) is 165 Å². The molecule has 2 fully saturated rings. The van der Waals surface area contributed by atoms with Crippen LogP contribution >= 0.6 is 11.3 Å². The first-order valence-electron chi connectivity index (χ1n) is 23.8. The normalized spacial score (nSPS) is 15.7. The molecule has 66 heavy (non-hydrogen) atoms. The molecule has 3 unspecified atom stereocenters. The zero-order chi connectivity index (χ0) is 47.1. The third-order valence-electron chi connectivity index (χ3n) is 12.7. The van der Waals surface area contributed by atoms with Crippen LogP contribution in [0, 0.1) is 30.1 Å². The van der Waals surface area contributed by atoms with E-state index < -0.39 is 0 Å². The molecule has 4 N–H and O–H groups in total. The van der Waals surface area contributed by atoms with Crippen LogP contribution in [-0.4, -0.2) is 107 Å². The van der Waals surface area contributed by atoms with Crippen LogP contribution in [0.25, 0.3) is 33.4 Å². The summed E-state index contributed by atoms with van der Waals surface area (Å²) in [4.78, 5) is 14.8.